The molecule has 1 N–H and O–H groups in total. The second kappa shape index (κ2) is 6.09. The lowest BCUT2D eigenvalue weighted by Crippen LogP contribution is -2.04. The molecular formula is C14H18N2O3S. The Morgan fingerprint density at radius 3 is 2.70 bits per heavy atom. The first kappa shape index (κ1) is 14.6. The molecule has 0 aliphatic rings. The number of aryl methyl sites for hydroxylation is 3. The smallest absolute Gasteiger partial charge is 0.349 e. The molecule has 0 aliphatic heterocycles. The van der Waals surface area contributed by atoms with Crippen molar-refractivity contribution in [3.05, 3.63) is 33.3 Å². The van der Waals surface area contributed by atoms with Crippen LogP contribution in [-0.2, 0) is 26.5 Å². The SMILES string of the molecule is CCc1cc(COc2cc(CC)sc2C(=O)O)n(C)n1. The molecular weight excluding hydrogens is 276 g/mol. The van der Waals surface area contributed by atoms with Gasteiger partial charge in [0.05, 0.1) is 11.4 Å². The Morgan fingerprint density at radius 1 is 1.40 bits per heavy atom. The highest BCUT2D eigenvalue weighted by Gasteiger charge is 2.17. The minimum Gasteiger partial charge on any atom is -0.486 e. The summed E-state index contributed by atoms with van der Waals surface area (Å²) >= 11 is 1.27. The van der Waals surface area contributed by atoms with Crippen LogP contribution >= 0.6 is 11.3 Å². The summed E-state index contributed by atoms with van der Waals surface area (Å²) in [5.41, 5.74) is 1.94. The van der Waals surface area contributed by atoms with Crippen molar-refractivity contribution in [1.29, 1.82) is 0 Å². The number of thiophene rings is 1. The average molecular weight is 294 g/mol. The first-order valence-electron chi connectivity index (χ1n) is 6.55. The highest BCUT2D eigenvalue weighted by atomic mass is 32.1. The summed E-state index contributed by atoms with van der Waals surface area (Å²) in [6, 6.07) is 3.79. The Kier molecular flexibility index (Phi) is 4.44. The molecule has 0 atom stereocenters. The summed E-state index contributed by atoms with van der Waals surface area (Å²) in [4.78, 5) is 12.5. The van der Waals surface area contributed by atoms with Crippen molar-refractivity contribution in [1.82, 2.24) is 9.78 Å². The van der Waals surface area contributed by atoms with Crippen LogP contribution in [-0.4, -0.2) is 20.9 Å². The van der Waals surface area contributed by atoms with Crippen LogP contribution in [0.25, 0.3) is 0 Å². The third-order valence-electron chi connectivity index (χ3n) is 3.06. The average Bonchev–Trinajstić information content (AvgIpc) is 2.99. The van der Waals surface area contributed by atoms with Crippen LogP contribution in [0.4, 0.5) is 0 Å². The molecule has 2 heterocycles. The number of carboxylic acids is 1. The predicted molar refractivity (Wildman–Crippen MR) is 77.6 cm³/mol. The maximum Gasteiger partial charge on any atom is 0.349 e. The summed E-state index contributed by atoms with van der Waals surface area (Å²) in [5, 5.41) is 13.5. The number of carboxylic acid groups (broad SMARTS) is 1. The summed E-state index contributed by atoms with van der Waals surface area (Å²) in [6.07, 6.45) is 1.67. The summed E-state index contributed by atoms with van der Waals surface area (Å²) < 4.78 is 7.44. The third-order valence-corrected chi connectivity index (χ3v) is 4.31. The number of hydrogen-bond acceptors (Lipinski definition) is 4. The molecule has 108 valence electrons. The van der Waals surface area contributed by atoms with Gasteiger partial charge in [0.2, 0.25) is 0 Å². The van der Waals surface area contributed by atoms with E-state index in [-0.39, 0.29) is 4.88 Å². The van der Waals surface area contributed by atoms with Crippen molar-refractivity contribution in [2.45, 2.75) is 33.3 Å². The molecule has 2 rings (SSSR count). The van der Waals surface area contributed by atoms with Gasteiger partial charge in [0, 0.05) is 11.9 Å². The Balaban J connectivity index is 2.15. The van der Waals surface area contributed by atoms with Crippen LogP contribution in [0, 0.1) is 0 Å². The van der Waals surface area contributed by atoms with Crippen LogP contribution < -0.4 is 4.74 Å². The second-order valence-electron chi connectivity index (χ2n) is 4.46. The van der Waals surface area contributed by atoms with Gasteiger partial charge < -0.3 is 9.84 Å². The zero-order valence-electron chi connectivity index (χ0n) is 11.8. The van der Waals surface area contributed by atoms with Crippen LogP contribution in [0.3, 0.4) is 0 Å². The van der Waals surface area contributed by atoms with Gasteiger partial charge in [0.1, 0.15) is 12.4 Å². The monoisotopic (exact) mass is 294 g/mol. The molecule has 0 saturated heterocycles. The quantitative estimate of drug-likeness (QED) is 0.889. The Morgan fingerprint density at radius 2 is 2.15 bits per heavy atom. The largest absolute Gasteiger partial charge is 0.486 e. The number of hydrogen-bond donors (Lipinski definition) is 1. The van der Waals surface area contributed by atoms with Crippen molar-refractivity contribution < 1.29 is 14.6 Å². The van der Waals surface area contributed by atoms with Gasteiger partial charge in [-0.15, -0.1) is 11.3 Å². The third kappa shape index (κ3) is 3.01. The van der Waals surface area contributed by atoms with Gasteiger partial charge in [-0.25, -0.2) is 4.79 Å². The van der Waals surface area contributed by atoms with Crippen molar-refractivity contribution >= 4 is 17.3 Å². The van der Waals surface area contributed by atoms with Gasteiger partial charge in [-0.2, -0.15) is 5.10 Å². The van der Waals surface area contributed by atoms with Crippen LogP contribution in [0.5, 0.6) is 5.75 Å². The van der Waals surface area contributed by atoms with Crippen LogP contribution in [0.15, 0.2) is 12.1 Å². The molecule has 0 amide bonds. The Hall–Kier alpha value is -1.82. The Labute approximate surface area is 121 Å². The zero-order valence-corrected chi connectivity index (χ0v) is 12.7. The predicted octanol–water partition coefficient (Wildman–Crippen LogP) is 2.88. The molecule has 0 radical (unpaired) electrons. The van der Waals surface area contributed by atoms with E-state index in [4.69, 9.17) is 4.74 Å². The number of aromatic carboxylic acids is 1. The lowest BCUT2D eigenvalue weighted by molar-refractivity contribution is 0.0697. The number of carbonyl (C=O) groups is 1. The van der Waals surface area contributed by atoms with Gasteiger partial charge in [0.25, 0.3) is 0 Å². The van der Waals surface area contributed by atoms with Gasteiger partial charge in [0.15, 0.2) is 4.88 Å². The fourth-order valence-corrected chi connectivity index (χ4v) is 2.76. The molecule has 2 aromatic heterocycles. The first-order valence-corrected chi connectivity index (χ1v) is 7.37. The lowest BCUT2D eigenvalue weighted by atomic mass is 10.3. The fraction of sp³-hybridized carbons (Fsp3) is 0.429. The van der Waals surface area contributed by atoms with E-state index in [0.717, 1.165) is 29.1 Å². The normalized spacial score (nSPS) is 10.8. The number of nitrogens with zero attached hydrogens (tertiary/aromatic N) is 2. The van der Waals surface area contributed by atoms with Crippen LogP contribution in [0.2, 0.25) is 0 Å². The first-order chi connectivity index (χ1) is 9.55. The standard InChI is InChI=1S/C14H18N2O3S/c1-4-9-6-10(16(3)15-9)8-19-12-7-11(5-2)20-13(12)14(17)18/h6-7H,4-5,8H2,1-3H3,(H,17,18). The summed E-state index contributed by atoms with van der Waals surface area (Å²) in [6.45, 7) is 4.36. The second-order valence-corrected chi connectivity index (χ2v) is 5.59. The van der Waals surface area contributed by atoms with Crippen molar-refractivity contribution in [3.63, 3.8) is 0 Å². The van der Waals surface area contributed by atoms with Crippen molar-refractivity contribution in [2.24, 2.45) is 7.05 Å². The lowest BCUT2D eigenvalue weighted by Gasteiger charge is -2.05. The molecule has 0 bridgehead atoms. The highest BCUT2D eigenvalue weighted by molar-refractivity contribution is 7.14. The molecule has 6 heteroatoms. The summed E-state index contributed by atoms with van der Waals surface area (Å²) in [5.74, 6) is -0.498. The minimum atomic E-state index is -0.941. The van der Waals surface area contributed by atoms with E-state index in [2.05, 4.69) is 5.10 Å². The van der Waals surface area contributed by atoms with E-state index in [1.807, 2.05) is 33.0 Å². The molecule has 0 fully saturated rings. The summed E-state index contributed by atoms with van der Waals surface area (Å²) in [7, 11) is 1.86. The zero-order chi connectivity index (χ0) is 14.7. The molecule has 0 spiro atoms. The van der Waals surface area contributed by atoms with Crippen molar-refractivity contribution in [2.75, 3.05) is 0 Å². The van der Waals surface area contributed by atoms with E-state index < -0.39 is 5.97 Å². The fourth-order valence-electron chi connectivity index (χ4n) is 1.88. The highest BCUT2D eigenvalue weighted by Crippen LogP contribution is 2.30. The maximum atomic E-state index is 11.2. The van der Waals surface area contributed by atoms with E-state index >= 15 is 0 Å². The molecule has 0 unspecified atom stereocenters. The topological polar surface area (TPSA) is 64.3 Å². The number of rotatable bonds is 6. The van der Waals surface area contributed by atoms with Gasteiger partial charge in [-0.1, -0.05) is 13.8 Å². The molecule has 0 saturated carbocycles. The van der Waals surface area contributed by atoms with E-state index in [1.54, 1.807) is 4.68 Å². The van der Waals surface area contributed by atoms with E-state index in [0.29, 0.717) is 12.4 Å². The number of ether oxygens (including phenoxy) is 1. The maximum absolute atomic E-state index is 11.2. The van der Waals surface area contributed by atoms with Gasteiger partial charge in [-0.05, 0) is 25.0 Å². The van der Waals surface area contributed by atoms with Crippen LogP contribution in [0.1, 0.15) is 39.8 Å². The molecule has 20 heavy (non-hydrogen) atoms. The minimum absolute atomic E-state index is 0.264. The number of aromatic nitrogens is 2. The molecule has 0 aliphatic carbocycles. The molecule has 5 nitrogen and oxygen atoms in total. The van der Waals surface area contributed by atoms with E-state index in [9.17, 15) is 9.90 Å². The van der Waals surface area contributed by atoms with Gasteiger partial charge in [-0.3, -0.25) is 4.68 Å². The molecule has 0 aromatic carbocycles. The van der Waals surface area contributed by atoms with Crippen molar-refractivity contribution in [3.8, 4) is 5.75 Å². The van der Waals surface area contributed by atoms with Gasteiger partial charge >= 0.3 is 5.97 Å². The van der Waals surface area contributed by atoms with E-state index in [1.165, 1.54) is 11.3 Å². The molecule has 2 aromatic rings. The Bertz CT molecular complexity index is 616.